The highest BCUT2D eigenvalue weighted by molar-refractivity contribution is 5.94. The summed E-state index contributed by atoms with van der Waals surface area (Å²) in [6.07, 6.45) is -2.40. The summed E-state index contributed by atoms with van der Waals surface area (Å²) in [5.74, 6) is -3.43. The fraction of sp³-hybridized carbons (Fsp3) is 0.636. The van der Waals surface area contributed by atoms with Crippen molar-refractivity contribution in [2.75, 3.05) is 6.61 Å². The highest BCUT2D eigenvalue weighted by Gasteiger charge is 2.93. The molecule has 2 unspecified atom stereocenters. The number of ketones is 1. The van der Waals surface area contributed by atoms with Crippen molar-refractivity contribution >= 4 is 11.8 Å². The second kappa shape index (κ2) is 5.27. The number of aliphatic hydroxyl groups excluding tert-OH is 2. The molecule has 7 nitrogen and oxygen atoms in total. The third-order valence-electron chi connectivity index (χ3n) is 9.07. The van der Waals surface area contributed by atoms with Crippen LogP contribution in [-0.4, -0.2) is 57.3 Å². The van der Waals surface area contributed by atoms with Crippen LogP contribution < -0.4 is 0 Å². The Hall–Kier alpha value is -1.80. The molecule has 1 heterocycles. The van der Waals surface area contributed by atoms with Crippen LogP contribution in [0.4, 0.5) is 0 Å². The summed E-state index contributed by atoms with van der Waals surface area (Å²) in [6, 6.07) is 8.32. The molecule has 8 atom stereocenters. The largest absolute Gasteiger partial charge is 0.425 e. The minimum absolute atomic E-state index is 0.0384. The van der Waals surface area contributed by atoms with Crippen molar-refractivity contribution in [2.45, 2.75) is 57.2 Å². The summed E-state index contributed by atoms with van der Waals surface area (Å²) in [5.41, 5.74) is -5.19. The quantitative estimate of drug-likeness (QED) is 0.634. The number of Topliss-reactive ketones (excluding diaryl/α,β-unsaturated/α-hetero) is 1. The van der Waals surface area contributed by atoms with Gasteiger partial charge in [-0.3, -0.25) is 4.79 Å². The number of fused-ring (bicyclic) bond motifs is 1. The van der Waals surface area contributed by atoms with Gasteiger partial charge in [-0.15, -0.1) is 0 Å². The van der Waals surface area contributed by atoms with E-state index < -0.39 is 51.7 Å². The lowest BCUT2D eigenvalue weighted by molar-refractivity contribution is -0.366. The third-order valence-corrected chi connectivity index (χ3v) is 9.07. The van der Waals surface area contributed by atoms with Gasteiger partial charge in [-0.2, -0.15) is 0 Å². The Bertz CT molecular complexity index is 917. The molecular weight excluding hydrogens is 376 g/mol. The summed E-state index contributed by atoms with van der Waals surface area (Å²) in [7, 11) is 0. The zero-order valence-electron chi connectivity index (χ0n) is 16.7. The first kappa shape index (κ1) is 19.2. The fourth-order valence-electron chi connectivity index (χ4n) is 7.06. The minimum Gasteiger partial charge on any atom is -0.425 e. The molecule has 3 N–H and O–H groups in total. The normalized spacial score (nSPS) is 52.5. The summed E-state index contributed by atoms with van der Waals surface area (Å²) < 4.78 is 11.9. The lowest BCUT2D eigenvalue weighted by atomic mass is 9.35. The Balaban J connectivity index is 1.71. The molecule has 5 aliphatic rings. The number of carbonyl (C=O) groups is 2. The number of esters is 1. The van der Waals surface area contributed by atoms with E-state index in [-0.39, 0.29) is 30.8 Å². The zero-order chi connectivity index (χ0) is 21.0. The number of rotatable bonds is 2. The van der Waals surface area contributed by atoms with Crippen LogP contribution >= 0.6 is 0 Å². The highest BCUT2D eigenvalue weighted by atomic mass is 16.7. The van der Waals surface area contributed by atoms with Gasteiger partial charge in [-0.05, 0) is 25.0 Å². The van der Waals surface area contributed by atoms with Gasteiger partial charge >= 0.3 is 5.97 Å². The SMILES string of the molecule is C[C@@H]1[C@@H](O)C[C@@]2(O)C13CC(=O)C1(C)[C@](OC(=O)c4ccccc4)(OC[C@@]12C)[C@@H]3O. The molecule has 0 aromatic heterocycles. The van der Waals surface area contributed by atoms with E-state index in [1.807, 2.05) is 0 Å². The molecule has 1 aromatic carbocycles. The first-order valence-corrected chi connectivity index (χ1v) is 10.1. The Morgan fingerprint density at radius 2 is 1.86 bits per heavy atom. The first-order chi connectivity index (χ1) is 13.5. The number of carbonyl (C=O) groups excluding carboxylic acids is 2. The third kappa shape index (κ3) is 1.66. The van der Waals surface area contributed by atoms with Crippen LogP contribution in [-0.2, 0) is 14.3 Å². The molecule has 1 saturated heterocycles. The number of ether oxygens (including phenoxy) is 2. The van der Waals surface area contributed by atoms with E-state index in [1.54, 1.807) is 51.1 Å². The Morgan fingerprint density at radius 3 is 2.52 bits per heavy atom. The van der Waals surface area contributed by atoms with Gasteiger partial charge in [0.15, 0.2) is 0 Å². The predicted octanol–water partition coefficient (Wildman–Crippen LogP) is 1.05. The number of benzene rings is 1. The van der Waals surface area contributed by atoms with Crippen molar-refractivity contribution in [3.63, 3.8) is 0 Å². The van der Waals surface area contributed by atoms with Crippen LogP contribution in [0, 0.1) is 22.2 Å². The van der Waals surface area contributed by atoms with Gasteiger partial charge in [0.1, 0.15) is 17.3 Å². The van der Waals surface area contributed by atoms with Gasteiger partial charge in [-0.1, -0.05) is 32.0 Å². The van der Waals surface area contributed by atoms with Gasteiger partial charge in [0.05, 0.1) is 23.9 Å². The average Bonchev–Trinajstić information content (AvgIpc) is 3.04. The molecule has 5 fully saturated rings. The molecular formula is C22H26O7. The van der Waals surface area contributed by atoms with Crippen molar-refractivity contribution in [1.29, 1.82) is 0 Å². The van der Waals surface area contributed by atoms with Gasteiger partial charge < -0.3 is 24.8 Å². The van der Waals surface area contributed by atoms with E-state index in [0.717, 1.165) is 0 Å². The maximum atomic E-state index is 13.5. The molecule has 4 saturated carbocycles. The second-order valence-corrected chi connectivity index (χ2v) is 9.63. The van der Waals surface area contributed by atoms with E-state index >= 15 is 0 Å². The van der Waals surface area contributed by atoms with Gasteiger partial charge in [0, 0.05) is 23.7 Å². The summed E-state index contributed by atoms with van der Waals surface area (Å²) in [4.78, 5) is 26.4. The predicted molar refractivity (Wildman–Crippen MR) is 99.6 cm³/mol. The van der Waals surface area contributed by atoms with Gasteiger partial charge in [0.25, 0.3) is 5.79 Å². The molecule has 4 bridgehead atoms. The second-order valence-electron chi connectivity index (χ2n) is 9.63. The van der Waals surface area contributed by atoms with E-state index in [2.05, 4.69) is 0 Å². The number of hydrogen-bond acceptors (Lipinski definition) is 7. The van der Waals surface area contributed by atoms with Crippen molar-refractivity contribution in [3.8, 4) is 0 Å². The van der Waals surface area contributed by atoms with Crippen LogP contribution in [0.15, 0.2) is 30.3 Å². The molecule has 156 valence electrons. The monoisotopic (exact) mass is 402 g/mol. The topological polar surface area (TPSA) is 113 Å². The summed E-state index contributed by atoms with van der Waals surface area (Å²) in [5, 5.41) is 34.2. The average molecular weight is 402 g/mol. The molecule has 29 heavy (non-hydrogen) atoms. The molecule has 1 spiro atoms. The van der Waals surface area contributed by atoms with Crippen LogP contribution in [0.3, 0.4) is 0 Å². The van der Waals surface area contributed by atoms with Crippen molar-refractivity contribution < 1.29 is 34.4 Å². The number of hydrogen-bond donors (Lipinski definition) is 3. The molecule has 0 amide bonds. The number of aliphatic hydroxyl groups is 3. The van der Waals surface area contributed by atoms with E-state index in [0.29, 0.717) is 0 Å². The zero-order valence-corrected chi connectivity index (χ0v) is 16.7. The molecule has 1 aromatic rings. The fourth-order valence-corrected chi connectivity index (χ4v) is 7.06. The van der Waals surface area contributed by atoms with E-state index in [1.165, 1.54) is 0 Å². The van der Waals surface area contributed by atoms with E-state index in [9.17, 15) is 24.9 Å². The van der Waals surface area contributed by atoms with Crippen LogP contribution in [0.5, 0.6) is 0 Å². The molecule has 4 aliphatic carbocycles. The van der Waals surface area contributed by atoms with Crippen molar-refractivity contribution in [2.24, 2.45) is 22.2 Å². The lowest BCUT2D eigenvalue weighted by Gasteiger charge is -2.70. The van der Waals surface area contributed by atoms with Crippen molar-refractivity contribution in [3.05, 3.63) is 35.9 Å². The molecule has 7 heteroatoms. The Morgan fingerprint density at radius 1 is 1.21 bits per heavy atom. The van der Waals surface area contributed by atoms with Crippen LogP contribution in [0.25, 0.3) is 0 Å². The maximum Gasteiger partial charge on any atom is 0.340 e. The first-order valence-electron chi connectivity index (χ1n) is 10.1. The smallest absolute Gasteiger partial charge is 0.340 e. The lowest BCUT2D eigenvalue weighted by Crippen LogP contribution is -2.84. The minimum atomic E-state index is -1.92. The van der Waals surface area contributed by atoms with Gasteiger partial charge in [-0.25, -0.2) is 4.79 Å². The highest BCUT2D eigenvalue weighted by Crippen LogP contribution is 2.80. The molecule has 0 radical (unpaired) electrons. The molecule has 6 rings (SSSR count). The maximum absolute atomic E-state index is 13.5. The van der Waals surface area contributed by atoms with Crippen molar-refractivity contribution in [1.82, 2.24) is 0 Å². The van der Waals surface area contributed by atoms with Crippen LogP contribution in [0.1, 0.15) is 44.0 Å². The molecule has 1 aliphatic heterocycles. The Kier molecular flexibility index (Phi) is 3.48. The summed E-state index contributed by atoms with van der Waals surface area (Å²) >= 11 is 0. The standard InChI is InChI=1S/C22H26O7/c1-12-14(23)9-21(27)18(2)11-28-22(29-16(25)13-7-5-4-6-8-13)17(26)20(12,21)10-15(24)19(18,22)3/h4-8,12,14,17,23,26-27H,9-11H2,1-3H3/t12-,14+,17-,18+,19?,20?,21+,22+/m1/s1. The van der Waals surface area contributed by atoms with Gasteiger partial charge in [0.2, 0.25) is 0 Å². The Labute approximate surface area is 168 Å². The van der Waals surface area contributed by atoms with Crippen LogP contribution in [0.2, 0.25) is 0 Å². The summed E-state index contributed by atoms with van der Waals surface area (Å²) in [6.45, 7) is 5.02. The van der Waals surface area contributed by atoms with E-state index in [4.69, 9.17) is 9.47 Å².